The number of nitrogens with zero attached hydrogens (tertiary/aromatic N) is 2. The molecule has 1 aromatic rings. The second-order valence-corrected chi connectivity index (χ2v) is 9.84. The van der Waals surface area contributed by atoms with Crippen LogP contribution in [0.1, 0.15) is 76.2 Å². The lowest BCUT2D eigenvalue weighted by atomic mass is 9.86. The molecule has 0 atom stereocenters. The Bertz CT molecular complexity index is 730. The molecule has 2 aliphatic heterocycles. The van der Waals surface area contributed by atoms with Gasteiger partial charge in [0, 0.05) is 51.3 Å². The summed E-state index contributed by atoms with van der Waals surface area (Å²) in [6.07, 6.45) is 12.1. The van der Waals surface area contributed by atoms with Crippen LogP contribution in [0, 0.1) is 11.8 Å². The van der Waals surface area contributed by atoms with Gasteiger partial charge in [-0.05, 0) is 62.0 Å². The van der Waals surface area contributed by atoms with Gasteiger partial charge in [0.1, 0.15) is 0 Å². The third-order valence-electron chi connectivity index (χ3n) is 7.54. The van der Waals surface area contributed by atoms with Crippen LogP contribution in [0.25, 0.3) is 0 Å². The quantitative estimate of drug-likeness (QED) is 0.700. The first-order valence-electron chi connectivity index (χ1n) is 12.6. The van der Waals surface area contributed by atoms with Gasteiger partial charge in [-0.1, -0.05) is 37.5 Å². The first kappa shape index (κ1) is 22.2. The van der Waals surface area contributed by atoms with Gasteiger partial charge in [0.2, 0.25) is 11.8 Å². The lowest BCUT2D eigenvalue weighted by Gasteiger charge is -2.33. The number of benzene rings is 1. The summed E-state index contributed by atoms with van der Waals surface area (Å²) >= 11 is 0. The normalized spacial score (nSPS) is 20.8. The van der Waals surface area contributed by atoms with E-state index in [-0.39, 0.29) is 5.91 Å². The molecule has 0 unspecified atom stereocenters. The van der Waals surface area contributed by atoms with Crippen LogP contribution in [0.15, 0.2) is 24.3 Å². The molecule has 2 amide bonds. The van der Waals surface area contributed by atoms with Crippen molar-refractivity contribution in [2.24, 2.45) is 11.8 Å². The van der Waals surface area contributed by atoms with Gasteiger partial charge in [-0.15, -0.1) is 0 Å². The number of para-hydroxylation sites is 1. The van der Waals surface area contributed by atoms with E-state index in [4.69, 9.17) is 0 Å². The Labute approximate surface area is 187 Å². The number of nitrogens with one attached hydrogen (secondary N) is 1. The standard InChI is InChI=1S/C26H39N3O2/c30-25(27-20-23-10-4-5-11-24(23)28-14-6-7-15-28)18-22-12-16-29(17-13-22)26(31)19-21-8-2-1-3-9-21/h4-5,10-11,21-22H,1-3,6-9,12-20H2,(H,27,30). The topological polar surface area (TPSA) is 52.7 Å². The fourth-order valence-electron chi connectivity index (χ4n) is 5.61. The summed E-state index contributed by atoms with van der Waals surface area (Å²) in [5.74, 6) is 1.48. The zero-order chi connectivity index (χ0) is 21.5. The van der Waals surface area contributed by atoms with E-state index in [1.54, 1.807) is 0 Å². The zero-order valence-electron chi connectivity index (χ0n) is 19.0. The Morgan fingerprint density at radius 2 is 1.48 bits per heavy atom. The number of piperidine rings is 1. The maximum atomic E-state index is 12.6. The highest BCUT2D eigenvalue weighted by atomic mass is 16.2. The maximum absolute atomic E-state index is 12.6. The molecule has 2 heterocycles. The number of amides is 2. The lowest BCUT2D eigenvalue weighted by molar-refractivity contribution is -0.134. The van der Waals surface area contributed by atoms with Crippen LogP contribution >= 0.6 is 0 Å². The van der Waals surface area contributed by atoms with E-state index in [0.29, 0.717) is 30.7 Å². The average molecular weight is 426 g/mol. The number of carbonyl (C=O) groups is 2. The highest BCUT2D eigenvalue weighted by Crippen LogP contribution is 2.28. The van der Waals surface area contributed by atoms with Crippen LogP contribution in [-0.2, 0) is 16.1 Å². The number of anilines is 1. The van der Waals surface area contributed by atoms with Crippen molar-refractivity contribution in [2.75, 3.05) is 31.1 Å². The Kier molecular flexibility index (Phi) is 7.87. The molecule has 1 aromatic carbocycles. The first-order chi connectivity index (χ1) is 15.2. The molecular formula is C26H39N3O2. The van der Waals surface area contributed by atoms with Gasteiger partial charge in [0.15, 0.2) is 0 Å². The largest absolute Gasteiger partial charge is 0.371 e. The molecule has 5 heteroatoms. The average Bonchev–Trinajstić information content (AvgIpc) is 3.34. The molecule has 31 heavy (non-hydrogen) atoms. The Morgan fingerprint density at radius 1 is 0.806 bits per heavy atom. The molecule has 3 aliphatic rings. The van der Waals surface area contributed by atoms with Crippen LogP contribution in [0.5, 0.6) is 0 Å². The molecule has 1 saturated carbocycles. The second-order valence-electron chi connectivity index (χ2n) is 9.84. The molecule has 0 bridgehead atoms. The van der Waals surface area contributed by atoms with Crippen molar-refractivity contribution >= 4 is 17.5 Å². The summed E-state index contributed by atoms with van der Waals surface area (Å²) in [7, 11) is 0. The fourth-order valence-corrected chi connectivity index (χ4v) is 5.61. The molecule has 0 spiro atoms. The van der Waals surface area contributed by atoms with Crippen molar-refractivity contribution in [1.29, 1.82) is 0 Å². The van der Waals surface area contributed by atoms with E-state index >= 15 is 0 Å². The van der Waals surface area contributed by atoms with E-state index in [1.165, 1.54) is 56.2 Å². The Hall–Kier alpha value is -2.04. The van der Waals surface area contributed by atoms with Crippen molar-refractivity contribution < 1.29 is 9.59 Å². The van der Waals surface area contributed by atoms with Gasteiger partial charge in [-0.3, -0.25) is 9.59 Å². The highest BCUT2D eigenvalue weighted by molar-refractivity contribution is 5.77. The Balaban J connectivity index is 1.18. The molecule has 3 fully saturated rings. The van der Waals surface area contributed by atoms with Gasteiger partial charge in [0.25, 0.3) is 0 Å². The SMILES string of the molecule is O=C(CC1CCN(C(=O)CC2CCCCC2)CC1)NCc1ccccc1N1CCCC1. The van der Waals surface area contributed by atoms with Crippen LogP contribution in [-0.4, -0.2) is 42.9 Å². The van der Waals surface area contributed by atoms with E-state index in [2.05, 4.69) is 39.4 Å². The zero-order valence-corrected chi connectivity index (χ0v) is 19.0. The first-order valence-corrected chi connectivity index (χ1v) is 12.6. The summed E-state index contributed by atoms with van der Waals surface area (Å²) in [5, 5.41) is 3.15. The van der Waals surface area contributed by atoms with Crippen molar-refractivity contribution in [3.63, 3.8) is 0 Å². The molecule has 0 aromatic heterocycles. The molecule has 1 N–H and O–H groups in total. The third-order valence-corrected chi connectivity index (χ3v) is 7.54. The molecule has 1 aliphatic carbocycles. The third kappa shape index (κ3) is 6.24. The number of carbonyl (C=O) groups excluding carboxylic acids is 2. The highest BCUT2D eigenvalue weighted by Gasteiger charge is 2.26. The fraction of sp³-hybridized carbons (Fsp3) is 0.692. The predicted molar refractivity (Wildman–Crippen MR) is 125 cm³/mol. The second kappa shape index (κ2) is 11.0. The molecule has 170 valence electrons. The van der Waals surface area contributed by atoms with Crippen molar-refractivity contribution in [1.82, 2.24) is 10.2 Å². The number of hydrogen-bond acceptors (Lipinski definition) is 3. The molecular weight excluding hydrogens is 386 g/mol. The minimum absolute atomic E-state index is 0.142. The number of likely N-dealkylation sites (tertiary alicyclic amines) is 1. The minimum Gasteiger partial charge on any atom is -0.371 e. The summed E-state index contributed by atoms with van der Waals surface area (Å²) < 4.78 is 0. The van der Waals surface area contributed by atoms with Gasteiger partial charge < -0.3 is 15.1 Å². The van der Waals surface area contributed by atoms with Crippen molar-refractivity contribution in [2.45, 2.75) is 77.2 Å². The van der Waals surface area contributed by atoms with Gasteiger partial charge in [-0.2, -0.15) is 0 Å². The van der Waals surface area contributed by atoms with E-state index in [0.717, 1.165) is 45.4 Å². The number of hydrogen-bond donors (Lipinski definition) is 1. The summed E-state index contributed by atoms with van der Waals surface area (Å²) in [6.45, 7) is 4.47. The number of rotatable bonds is 7. The van der Waals surface area contributed by atoms with Gasteiger partial charge >= 0.3 is 0 Å². The summed E-state index contributed by atoms with van der Waals surface area (Å²) in [6, 6.07) is 8.45. The van der Waals surface area contributed by atoms with Crippen LogP contribution in [0.4, 0.5) is 5.69 Å². The van der Waals surface area contributed by atoms with Gasteiger partial charge in [-0.25, -0.2) is 0 Å². The van der Waals surface area contributed by atoms with E-state index in [1.807, 2.05) is 0 Å². The van der Waals surface area contributed by atoms with E-state index in [9.17, 15) is 9.59 Å². The predicted octanol–water partition coefficient (Wildman–Crippen LogP) is 4.50. The molecule has 5 nitrogen and oxygen atoms in total. The van der Waals surface area contributed by atoms with Crippen LogP contribution in [0.2, 0.25) is 0 Å². The molecule has 2 saturated heterocycles. The molecule has 4 rings (SSSR count). The smallest absolute Gasteiger partial charge is 0.222 e. The van der Waals surface area contributed by atoms with Crippen LogP contribution < -0.4 is 10.2 Å². The van der Waals surface area contributed by atoms with E-state index < -0.39 is 0 Å². The lowest BCUT2D eigenvalue weighted by Crippen LogP contribution is -2.40. The summed E-state index contributed by atoms with van der Waals surface area (Å²) in [4.78, 5) is 29.7. The summed E-state index contributed by atoms with van der Waals surface area (Å²) in [5.41, 5.74) is 2.48. The van der Waals surface area contributed by atoms with Crippen molar-refractivity contribution in [3.05, 3.63) is 29.8 Å². The minimum atomic E-state index is 0.142. The van der Waals surface area contributed by atoms with Crippen LogP contribution in [0.3, 0.4) is 0 Å². The Morgan fingerprint density at radius 3 is 2.23 bits per heavy atom. The van der Waals surface area contributed by atoms with Crippen molar-refractivity contribution in [3.8, 4) is 0 Å². The monoisotopic (exact) mass is 425 g/mol. The maximum Gasteiger partial charge on any atom is 0.222 e. The van der Waals surface area contributed by atoms with Gasteiger partial charge in [0.05, 0.1) is 0 Å². The molecule has 0 radical (unpaired) electrons.